The third kappa shape index (κ3) is 2.97. The molecule has 1 unspecified atom stereocenters. The number of nitrogens with zero attached hydrogens (tertiary/aromatic N) is 2. The van der Waals surface area contributed by atoms with Crippen LogP contribution < -0.4 is 5.32 Å². The summed E-state index contributed by atoms with van der Waals surface area (Å²) in [5.41, 5.74) is 2.44. The van der Waals surface area contributed by atoms with Gasteiger partial charge in [-0.05, 0) is 38.2 Å². The van der Waals surface area contributed by atoms with Crippen molar-refractivity contribution in [2.45, 2.75) is 57.3 Å². The van der Waals surface area contributed by atoms with E-state index >= 15 is 0 Å². The van der Waals surface area contributed by atoms with Gasteiger partial charge in [-0.25, -0.2) is 0 Å². The van der Waals surface area contributed by atoms with Crippen LogP contribution in [0.3, 0.4) is 0 Å². The van der Waals surface area contributed by atoms with Crippen LogP contribution >= 0.6 is 0 Å². The van der Waals surface area contributed by atoms with Gasteiger partial charge in [-0.2, -0.15) is 5.10 Å². The van der Waals surface area contributed by atoms with Crippen molar-refractivity contribution in [1.29, 1.82) is 0 Å². The lowest BCUT2D eigenvalue weighted by Gasteiger charge is -2.09. The van der Waals surface area contributed by atoms with Crippen molar-refractivity contribution in [3.63, 3.8) is 0 Å². The van der Waals surface area contributed by atoms with Gasteiger partial charge in [0, 0.05) is 31.1 Å². The second-order valence-electron chi connectivity index (χ2n) is 6.27. The SMILES string of the molecule is c1ccc2c(c1)c(CNC1CC1)nn2CCC1CCCO1. The molecule has 1 saturated heterocycles. The Morgan fingerprint density at radius 1 is 1.24 bits per heavy atom. The number of benzene rings is 1. The molecular formula is C17H23N3O. The number of aryl methyl sites for hydroxylation is 1. The summed E-state index contributed by atoms with van der Waals surface area (Å²) in [5, 5.41) is 9.71. The molecule has 1 aromatic carbocycles. The molecule has 0 bridgehead atoms. The lowest BCUT2D eigenvalue weighted by molar-refractivity contribution is 0.0997. The van der Waals surface area contributed by atoms with Gasteiger partial charge in [0.1, 0.15) is 0 Å². The second-order valence-corrected chi connectivity index (χ2v) is 6.27. The lowest BCUT2D eigenvalue weighted by Crippen LogP contribution is -2.16. The van der Waals surface area contributed by atoms with E-state index in [2.05, 4.69) is 34.3 Å². The van der Waals surface area contributed by atoms with Crippen LogP contribution in [-0.2, 0) is 17.8 Å². The zero-order valence-corrected chi connectivity index (χ0v) is 12.4. The summed E-state index contributed by atoms with van der Waals surface area (Å²) in [5.74, 6) is 0. The molecule has 4 nitrogen and oxygen atoms in total. The molecule has 1 N–H and O–H groups in total. The summed E-state index contributed by atoms with van der Waals surface area (Å²) in [4.78, 5) is 0. The summed E-state index contributed by atoms with van der Waals surface area (Å²) in [6, 6.07) is 9.30. The van der Waals surface area contributed by atoms with E-state index < -0.39 is 0 Å². The molecule has 0 amide bonds. The minimum Gasteiger partial charge on any atom is -0.378 e. The third-order valence-electron chi connectivity index (χ3n) is 4.56. The molecule has 2 heterocycles. The zero-order valence-electron chi connectivity index (χ0n) is 12.4. The van der Waals surface area contributed by atoms with Crippen molar-refractivity contribution < 1.29 is 4.74 Å². The van der Waals surface area contributed by atoms with Crippen molar-refractivity contribution in [3.05, 3.63) is 30.0 Å². The molecule has 4 heteroatoms. The van der Waals surface area contributed by atoms with E-state index in [1.54, 1.807) is 0 Å². The zero-order chi connectivity index (χ0) is 14.1. The summed E-state index contributed by atoms with van der Waals surface area (Å²) in [6.07, 6.45) is 6.55. The Labute approximate surface area is 125 Å². The molecule has 1 aromatic heterocycles. The van der Waals surface area contributed by atoms with Crippen molar-refractivity contribution in [1.82, 2.24) is 15.1 Å². The third-order valence-corrected chi connectivity index (χ3v) is 4.56. The van der Waals surface area contributed by atoms with Gasteiger partial charge < -0.3 is 10.1 Å². The Bertz CT molecular complexity index is 612. The van der Waals surface area contributed by atoms with Gasteiger partial charge in [-0.15, -0.1) is 0 Å². The summed E-state index contributed by atoms with van der Waals surface area (Å²) in [6.45, 7) is 2.77. The Balaban J connectivity index is 1.52. The van der Waals surface area contributed by atoms with Crippen LogP contribution in [0.1, 0.15) is 37.8 Å². The van der Waals surface area contributed by atoms with Gasteiger partial charge in [-0.1, -0.05) is 18.2 Å². The first-order valence-electron chi connectivity index (χ1n) is 8.19. The standard InChI is InChI=1S/C17H23N3O/c1-2-6-17-15(5-1)16(12-18-13-7-8-13)19-20(17)10-9-14-4-3-11-21-14/h1-2,5-6,13-14,18H,3-4,7-12H2. The predicted molar refractivity (Wildman–Crippen MR) is 83.2 cm³/mol. The minimum absolute atomic E-state index is 0.431. The van der Waals surface area contributed by atoms with Crippen LogP contribution in [-0.4, -0.2) is 28.5 Å². The van der Waals surface area contributed by atoms with Crippen LogP contribution in [0, 0.1) is 0 Å². The van der Waals surface area contributed by atoms with Gasteiger partial charge in [0.2, 0.25) is 0 Å². The predicted octanol–water partition coefficient (Wildman–Crippen LogP) is 2.86. The highest BCUT2D eigenvalue weighted by Crippen LogP contribution is 2.23. The van der Waals surface area contributed by atoms with Crippen molar-refractivity contribution >= 4 is 10.9 Å². The summed E-state index contributed by atoms with van der Waals surface area (Å²) >= 11 is 0. The molecule has 0 spiro atoms. The van der Waals surface area contributed by atoms with Gasteiger partial charge in [-0.3, -0.25) is 4.68 Å². The molecule has 1 aliphatic heterocycles. The number of para-hydroxylation sites is 1. The molecule has 1 saturated carbocycles. The second kappa shape index (κ2) is 5.78. The molecule has 2 fully saturated rings. The van der Waals surface area contributed by atoms with E-state index in [-0.39, 0.29) is 0 Å². The van der Waals surface area contributed by atoms with Crippen LogP contribution in [0.15, 0.2) is 24.3 Å². The summed E-state index contributed by atoms with van der Waals surface area (Å²) < 4.78 is 7.89. The van der Waals surface area contributed by atoms with Crippen molar-refractivity contribution in [2.24, 2.45) is 0 Å². The largest absolute Gasteiger partial charge is 0.378 e. The number of nitrogens with one attached hydrogen (secondary N) is 1. The molecule has 21 heavy (non-hydrogen) atoms. The van der Waals surface area contributed by atoms with Gasteiger partial charge in [0.25, 0.3) is 0 Å². The maximum absolute atomic E-state index is 5.73. The van der Waals surface area contributed by atoms with Gasteiger partial charge in [0.05, 0.1) is 17.3 Å². The minimum atomic E-state index is 0.431. The van der Waals surface area contributed by atoms with Crippen LogP contribution in [0.25, 0.3) is 10.9 Å². The van der Waals surface area contributed by atoms with Crippen molar-refractivity contribution in [2.75, 3.05) is 6.61 Å². The maximum atomic E-state index is 5.73. The Hall–Kier alpha value is -1.39. The molecular weight excluding hydrogens is 262 g/mol. The first-order chi connectivity index (χ1) is 10.4. The molecule has 1 aliphatic carbocycles. The molecule has 2 aromatic rings. The Kier molecular flexibility index (Phi) is 3.65. The van der Waals surface area contributed by atoms with Crippen LogP contribution in [0.2, 0.25) is 0 Å². The summed E-state index contributed by atoms with van der Waals surface area (Å²) in [7, 11) is 0. The van der Waals surface area contributed by atoms with E-state index in [9.17, 15) is 0 Å². The highest BCUT2D eigenvalue weighted by molar-refractivity contribution is 5.81. The van der Waals surface area contributed by atoms with Crippen LogP contribution in [0.4, 0.5) is 0 Å². The van der Waals surface area contributed by atoms with Crippen LogP contribution in [0.5, 0.6) is 0 Å². The van der Waals surface area contributed by atoms with E-state index in [0.717, 1.165) is 32.2 Å². The topological polar surface area (TPSA) is 39.1 Å². The van der Waals surface area contributed by atoms with E-state index in [1.807, 2.05) is 0 Å². The first-order valence-corrected chi connectivity index (χ1v) is 8.19. The quantitative estimate of drug-likeness (QED) is 0.887. The first kappa shape index (κ1) is 13.3. The monoisotopic (exact) mass is 285 g/mol. The smallest absolute Gasteiger partial charge is 0.0841 e. The normalized spacial score (nSPS) is 22.2. The maximum Gasteiger partial charge on any atom is 0.0841 e. The number of rotatable bonds is 6. The highest BCUT2D eigenvalue weighted by Gasteiger charge is 2.21. The number of aromatic nitrogens is 2. The Morgan fingerprint density at radius 2 is 2.14 bits per heavy atom. The average Bonchev–Trinajstić information content (AvgIpc) is 3.08. The average molecular weight is 285 g/mol. The highest BCUT2D eigenvalue weighted by atomic mass is 16.5. The van der Waals surface area contributed by atoms with E-state index in [1.165, 1.54) is 42.3 Å². The van der Waals surface area contributed by atoms with E-state index in [0.29, 0.717) is 6.10 Å². The molecule has 1 atom stereocenters. The van der Waals surface area contributed by atoms with Gasteiger partial charge >= 0.3 is 0 Å². The number of hydrogen-bond acceptors (Lipinski definition) is 3. The number of ether oxygens (including phenoxy) is 1. The fourth-order valence-corrected chi connectivity index (χ4v) is 3.16. The van der Waals surface area contributed by atoms with Crippen molar-refractivity contribution in [3.8, 4) is 0 Å². The fourth-order valence-electron chi connectivity index (χ4n) is 3.16. The van der Waals surface area contributed by atoms with E-state index in [4.69, 9.17) is 9.84 Å². The molecule has 0 radical (unpaired) electrons. The number of fused-ring (bicyclic) bond motifs is 1. The Morgan fingerprint density at radius 3 is 2.95 bits per heavy atom. The molecule has 112 valence electrons. The fraction of sp³-hybridized carbons (Fsp3) is 0.588. The number of hydrogen-bond donors (Lipinski definition) is 1. The molecule has 4 rings (SSSR count). The van der Waals surface area contributed by atoms with Gasteiger partial charge in [0.15, 0.2) is 0 Å². The molecule has 2 aliphatic rings. The lowest BCUT2D eigenvalue weighted by atomic mass is 10.2.